The molecular weight excluding hydrogens is 148 g/mol. The van der Waals surface area contributed by atoms with E-state index < -0.39 is 0 Å². The van der Waals surface area contributed by atoms with Gasteiger partial charge in [0.1, 0.15) is 5.66 Å². The molecule has 0 amide bonds. The smallest absolute Gasteiger partial charge is 0.100 e. The Morgan fingerprint density at radius 3 is 2.50 bits per heavy atom. The first kappa shape index (κ1) is 8.52. The van der Waals surface area contributed by atoms with E-state index in [4.69, 9.17) is 0 Å². The largest absolute Gasteiger partial charge is 0.222 e. The fourth-order valence-corrected chi connectivity index (χ4v) is 2.82. The van der Waals surface area contributed by atoms with E-state index in [1.54, 1.807) is 0 Å². The van der Waals surface area contributed by atoms with Crippen molar-refractivity contribution in [3.05, 3.63) is 0 Å². The lowest BCUT2D eigenvalue weighted by Gasteiger charge is -2.27. The molecule has 2 rings (SSSR count). The van der Waals surface area contributed by atoms with Crippen LogP contribution >= 0.6 is 0 Å². The third-order valence-corrected chi connectivity index (χ3v) is 4.00. The van der Waals surface area contributed by atoms with Gasteiger partial charge in [0.2, 0.25) is 0 Å². The van der Waals surface area contributed by atoms with E-state index in [9.17, 15) is 0 Å². The molecule has 1 aliphatic heterocycles. The summed E-state index contributed by atoms with van der Waals surface area (Å²) in [6.07, 6.45) is 7.03. The molecule has 2 nitrogen and oxygen atoms in total. The molecule has 0 radical (unpaired) electrons. The molecule has 0 aromatic rings. The molecule has 1 heterocycles. The van der Waals surface area contributed by atoms with Crippen LogP contribution in [0.5, 0.6) is 0 Å². The molecular formula is C10H20N2. The molecule has 2 heteroatoms. The zero-order chi connectivity index (χ0) is 8.77. The van der Waals surface area contributed by atoms with Gasteiger partial charge in [-0.1, -0.05) is 19.8 Å². The summed E-state index contributed by atoms with van der Waals surface area (Å²) in [6, 6.07) is 0. The van der Waals surface area contributed by atoms with E-state index in [2.05, 4.69) is 31.0 Å². The lowest BCUT2D eigenvalue weighted by Crippen LogP contribution is -2.27. The van der Waals surface area contributed by atoms with E-state index in [1.165, 1.54) is 32.1 Å². The normalized spacial score (nSPS) is 52.8. The van der Waals surface area contributed by atoms with E-state index in [1.807, 2.05) is 0 Å². The monoisotopic (exact) mass is 168 g/mol. The van der Waals surface area contributed by atoms with Crippen LogP contribution in [-0.4, -0.2) is 29.8 Å². The molecule has 0 bridgehead atoms. The molecule has 1 saturated carbocycles. The predicted octanol–water partition coefficient (Wildman–Crippen LogP) is 2.08. The third-order valence-electron chi connectivity index (χ3n) is 4.00. The van der Waals surface area contributed by atoms with Crippen LogP contribution in [0.3, 0.4) is 0 Å². The highest BCUT2D eigenvalue weighted by atomic mass is 15.9. The van der Waals surface area contributed by atoms with Gasteiger partial charge in [0.15, 0.2) is 0 Å². The Kier molecular flexibility index (Phi) is 1.92. The van der Waals surface area contributed by atoms with E-state index >= 15 is 0 Å². The Balaban J connectivity index is 2.00. The molecule has 0 aromatic heterocycles. The highest BCUT2D eigenvalue weighted by Crippen LogP contribution is 2.49. The van der Waals surface area contributed by atoms with Gasteiger partial charge >= 0.3 is 0 Å². The van der Waals surface area contributed by atoms with Gasteiger partial charge in [0.05, 0.1) is 0 Å². The molecule has 1 saturated heterocycles. The molecule has 1 spiro atoms. The SMILES string of the molecule is CCC1CCCC2(C1)N(C)N2C. The fourth-order valence-electron chi connectivity index (χ4n) is 2.82. The molecule has 2 aliphatic rings. The number of hydrazine groups is 1. The summed E-state index contributed by atoms with van der Waals surface area (Å²) in [7, 11) is 4.44. The van der Waals surface area contributed by atoms with Gasteiger partial charge in [-0.25, -0.2) is 10.0 Å². The molecule has 0 aromatic carbocycles. The van der Waals surface area contributed by atoms with E-state index in [0.29, 0.717) is 5.66 Å². The maximum Gasteiger partial charge on any atom is 0.100 e. The third kappa shape index (κ3) is 1.01. The summed E-state index contributed by atoms with van der Waals surface area (Å²) in [5.41, 5.74) is 0.485. The highest BCUT2D eigenvalue weighted by molar-refractivity contribution is 5.00. The number of hydrogen-bond acceptors (Lipinski definition) is 2. The number of rotatable bonds is 1. The van der Waals surface area contributed by atoms with Gasteiger partial charge in [-0.05, 0) is 25.2 Å². The van der Waals surface area contributed by atoms with Gasteiger partial charge in [-0.2, -0.15) is 0 Å². The van der Waals surface area contributed by atoms with Crippen molar-refractivity contribution >= 4 is 0 Å². The van der Waals surface area contributed by atoms with Gasteiger partial charge in [-0.3, -0.25) is 0 Å². The number of nitrogens with zero attached hydrogens (tertiary/aromatic N) is 2. The minimum atomic E-state index is 0.485. The molecule has 2 fully saturated rings. The maximum absolute atomic E-state index is 2.41. The topological polar surface area (TPSA) is 6.02 Å². The van der Waals surface area contributed by atoms with Gasteiger partial charge in [-0.15, -0.1) is 0 Å². The Morgan fingerprint density at radius 2 is 2.00 bits per heavy atom. The van der Waals surface area contributed by atoms with E-state index in [0.717, 1.165) is 5.92 Å². The first-order chi connectivity index (χ1) is 5.70. The minimum absolute atomic E-state index is 0.485. The predicted molar refractivity (Wildman–Crippen MR) is 50.5 cm³/mol. The van der Waals surface area contributed by atoms with Crippen molar-refractivity contribution in [2.24, 2.45) is 5.92 Å². The molecule has 3 unspecified atom stereocenters. The zero-order valence-electron chi connectivity index (χ0n) is 8.51. The van der Waals surface area contributed by atoms with Crippen LogP contribution in [0.15, 0.2) is 0 Å². The second-order valence-corrected chi connectivity index (χ2v) is 4.40. The lowest BCUT2D eigenvalue weighted by atomic mass is 9.82. The van der Waals surface area contributed by atoms with Crippen LogP contribution < -0.4 is 0 Å². The summed E-state index contributed by atoms with van der Waals surface area (Å²) in [5, 5.41) is 4.82. The Labute approximate surface area is 75.5 Å². The summed E-state index contributed by atoms with van der Waals surface area (Å²) in [4.78, 5) is 0. The van der Waals surface area contributed by atoms with Crippen LogP contribution in [0.4, 0.5) is 0 Å². The van der Waals surface area contributed by atoms with Gasteiger partial charge < -0.3 is 0 Å². The molecule has 1 aliphatic carbocycles. The fraction of sp³-hybridized carbons (Fsp3) is 1.00. The summed E-state index contributed by atoms with van der Waals surface area (Å²) in [6.45, 7) is 2.33. The van der Waals surface area contributed by atoms with Crippen molar-refractivity contribution in [1.29, 1.82) is 0 Å². The minimum Gasteiger partial charge on any atom is -0.222 e. The van der Waals surface area contributed by atoms with Crippen LogP contribution in [-0.2, 0) is 0 Å². The van der Waals surface area contributed by atoms with Crippen molar-refractivity contribution in [1.82, 2.24) is 10.0 Å². The second-order valence-electron chi connectivity index (χ2n) is 4.40. The van der Waals surface area contributed by atoms with Crippen LogP contribution in [0.25, 0.3) is 0 Å². The lowest BCUT2D eigenvalue weighted by molar-refractivity contribution is 0.243. The average Bonchev–Trinajstić information content (AvgIpc) is 2.58. The van der Waals surface area contributed by atoms with Crippen LogP contribution in [0, 0.1) is 5.92 Å². The Bertz CT molecular complexity index is 171. The zero-order valence-corrected chi connectivity index (χ0v) is 8.51. The standard InChI is InChI=1S/C10H20N2/c1-4-9-6-5-7-10(8-9)11(2)12(10)3/h9H,4-8H2,1-3H3. The maximum atomic E-state index is 2.41. The molecule has 12 heavy (non-hydrogen) atoms. The Hall–Kier alpha value is -0.0800. The molecule has 3 atom stereocenters. The first-order valence-corrected chi connectivity index (χ1v) is 5.18. The van der Waals surface area contributed by atoms with Crippen molar-refractivity contribution in [3.63, 3.8) is 0 Å². The summed E-state index contributed by atoms with van der Waals surface area (Å²) >= 11 is 0. The Morgan fingerprint density at radius 1 is 1.33 bits per heavy atom. The summed E-state index contributed by atoms with van der Waals surface area (Å²) in [5.74, 6) is 0.978. The second kappa shape index (κ2) is 2.71. The average molecular weight is 168 g/mol. The first-order valence-electron chi connectivity index (χ1n) is 5.18. The van der Waals surface area contributed by atoms with Gasteiger partial charge in [0, 0.05) is 14.1 Å². The van der Waals surface area contributed by atoms with Gasteiger partial charge in [0.25, 0.3) is 0 Å². The van der Waals surface area contributed by atoms with Crippen molar-refractivity contribution < 1.29 is 0 Å². The molecule has 0 N–H and O–H groups in total. The van der Waals surface area contributed by atoms with Crippen LogP contribution in [0.2, 0.25) is 0 Å². The highest BCUT2D eigenvalue weighted by Gasteiger charge is 2.57. The summed E-state index contributed by atoms with van der Waals surface area (Å²) < 4.78 is 0. The number of hydrogen-bond donors (Lipinski definition) is 0. The van der Waals surface area contributed by atoms with Crippen molar-refractivity contribution in [3.8, 4) is 0 Å². The van der Waals surface area contributed by atoms with E-state index in [-0.39, 0.29) is 0 Å². The van der Waals surface area contributed by atoms with Crippen LogP contribution in [0.1, 0.15) is 39.0 Å². The van der Waals surface area contributed by atoms with Crippen molar-refractivity contribution in [2.75, 3.05) is 14.1 Å². The van der Waals surface area contributed by atoms with Crippen molar-refractivity contribution in [2.45, 2.75) is 44.7 Å². The quantitative estimate of drug-likeness (QED) is 0.553. The molecule has 70 valence electrons.